The standard InChI is InChI=1S/C17H32OSi/c1-3-5-12-19-13-10-16(11-14-19)15-6-8-17(9-7-15)18-4-2/h3,15-17,19H,1,4-14H2,2H3/t15?,16-,17?,19-. The van der Waals surface area contributed by atoms with Gasteiger partial charge in [-0.3, -0.25) is 0 Å². The van der Waals surface area contributed by atoms with Crippen molar-refractivity contribution in [3.63, 3.8) is 0 Å². The van der Waals surface area contributed by atoms with Crippen LogP contribution < -0.4 is 0 Å². The molecule has 1 aliphatic heterocycles. The van der Waals surface area contributed by atoms with Gasteiger partial charge in [-0.25, -0.2) is 0 Å². The van der Waals surface area contributed by atoms with E-state index in [0.29, 0.717) is 6.10 Å². The molecule has 2 heteroatoms. The highest BCUT2D eigenvalue weighted by Gasteiger charge is 2.31. The first kappa shape index (κ1) is 15.3. The molecule has 0 atom stereocenters. The summed E-state index contributed by atoms with van der Waals surface area (Å²) in [6.45, 7) is 6.89. The summed E-state index contributed by atoms with van der Waals surface area (Å²) in [5.74, 6) is 2.10. The van der Waals surface area contributed by atoms with Crippen LogP contribution in [0.3, 0.4) is 0 Å². The van der Waals surface area contributed by atoms with Gasteiger partial charge in [0.05, 0.1) is 6.10 Å². The summed E-state index contributed by atoms with van der Waals surface area (Å²) in [7, 11) is -0.356. The molecule has 0 aromatic heterocycles. The Labute approximate surface area is 121 Å². The van der Waals surface area contributed by atoms with Crippen LogP contribution >= 0.6 is 0 Å². The van der Waals surface area contributed by atoms with Crippen molar-refractivity contribution in [2.24, 2.45) is 11.8 Å². The van der Waals surface area contributed by atoms with Gasteiger partial charge in [0.25, 0.3) is 0 Å². The molecule has 1 heterocycles. The molecule has 2 fully saturated rings. The molecule has 2 aliphatic rings. The van der Waals surface area contributed by atoms with E-state index in [1.807, 2.05) is 0 Å². The molecule has 1 nitrogen and oxygen atoms in total. The van der Waals surface area contributed by atoms with E-state index in [4.69, 9.17) is 4.74 Å². The summed E-state index contributed by atoms with van der Waals surface area (Å²) < 4.78 is 5.78. The molecule has 19 heavy (non-hydrogen) atoms. The monoisotopic (exact) mass is 280 g/mol. The van der Waals surface area contributed by atoms with Gasteiger partial charge in [-0.1, -0.05) is 37.0 Å². The first-order chi connectivity index (χ1) is 9.33. The third-order valence-electron chi connectivity index (χ3n) is 5.46. The van der Waals surface area contributed by atoms with Gasteiger partial charge in [-0.2, -0.15) is 0 Å². The zero-order valence-electron chi connectivity index (χ0n) is 12.8. The van der Waals surface area contributed by atoms with Crippen LogP contribution in [0.4, 0.5) is 0 Å². The Hall–Kier alpha value is -0.0831. The quantitative estimate of drug-likeness (QED) is 0.502. The van der Waals surface area contributed by atoms with Crippen LogP contribution in [0.15, 0.2) is 12.7 Å². The van der Waals surface area contributed by atoms with E-state index in [0.717, 1.165) is 18.4 Å². The SMILES string of the molecule is C=CCC[Si@H]1CC[C@H](C2CCC(OCC)CC2)CC1. The van der Waals surface area contributed by atoms with Gasteiger partial charge in [0, 0.05) is 15.4 Å². The molecule has 1 aliphatic carbocycles. The summed E-state index contributed by atoms with van der Waals surface area (Å²) in [5.41, 5.74) is 0. The summed E-state index contributed by atoms with van der Waals surface area (Å²) in [4.78, 5) is 0. The average Bonchev–Trinajstić information content (AvgIpc) is 2.47. The molecule has 1 saturated carbocycles. The van der Waals surface area contributed by atoms with Gasteiger partial charge in [-0.05, 0) is 50.9 Å². The lowest BCUT2D eigenvalue weighted by atomic mass is 9.76. The third-order valence-corrected chi connectivity index (χ3v) is 8.91. The van der Waals surface area contributed by atoms with Crippen molar-refractivity contribution in [3.05, 3.63) is 12.7 Å². The molecule has 0 N–H and O–H groups in total. The summed E-state index contributed by atoms with van der Waals surface area (Å²) in [6, 6.07) is 4.75. The second-order valence-electron chi connectivity index (χ2n) is 6.64. The van der Waals surface area contributed by atoms with Crippen LogP contribution in [0.5, 0.6) is 0 Å². The molecule has 0 spiro atoms. The van der Waals surface area contributed by atoms with Gasteiger partial charge in [0.2, 0.25) is 0 Å². The lowest BCUT2D eigenvalue weighted by molar-refractivity contribution is 0.0171. The number of hydrogen-bond acceptors (Lipinski definition) is 1. The Morgan fingerprint density at radius 2 is 1.68 bits per heavy atom. The van der Waals surface area contributed by atoms with E-state index in [9.17, 15) is 0 Å². The zero-order valence-corrected chi connectivity index (χ0v) is 13.9. The molecule has 0 aromatic rings. The highest BCUT2D eigenvalue weighted by molar-refractivity contribution is 6.59. The minimum absolute atomic E-state index is 0.356. The van der Waals surface area contributed by atoms with Gasteiger partial charge in [0.15, 0.2) is 0 Å². The second kappa shape index (κ2) is 8.26. The molecule has 0 aromatic carbocycles. The maximum atomic E-state index is 5.78. The number of hydrogen-bond donors (Lipinski definition) is 0. The lowest BCUT2D eigenvalue weighted by Crippen LogP contribution is -2.30. The Kier molecular flexibility index (Phi) is 6.65. The van der Waals surface area contributed by atoms with E-state index in [2.05, 4.69) is 19.6 Å². The smallest absolute Gasteiger partial charge is 0.0575 e. The predicted octanol–water partition coefficient (Wildman–Crippen LogP) is 4.79. The third kappa shape index (κ3) is 4.75. The fourth-order valence-electron chi connectivity index (χ4n) is 4.26. The molecular weight excluding hydrogens is 248 g/mol. The lowest BCUT2D eigenvalue weighted by Gasteiger charge is -2.37. The van der Waals surface area contributed by atoms with Gasteiger partial charge < -0.3 is 4.74 Å². The Morgan fingerprint density at radius 1 is 1.05 bits per heavy atom. The number of ether oxygens (including phenoxy) is 1. The predicted molar refractivity (Wildman–Crippen MR) is 86.5 cm³/mol. The van der Waals surface area contributed by atoms with Crippen LogP contribution in [-0.2, 0) is 4.74 Å². The topological polar surface area (TPSA) is 9.23 Å². The average molecular weight is 281 g/mol. The van der Waals surface area contributed by atoms with Crippen molar-refractivity contribution < 1.29 is 4.74 Å². The summed E-state index contributed by atoms with van der Waals surface area (Å²) in [6.07, 6.45) is 12.6. The van der Waals surface area contributed by atoms with Crippen LogP contribution in [-0.4, -0.2) is 21.5 Å². The second-order valence-corrected chi connectivity index (χ2v) is 10.1. The Bertz CT molecular complexity index is 250. The van der Waals surface area contributed by atoms with Crippen molar-refractivity contribution in [2.75, 3.05) is 6.61 Å². The molecule has 1 saturated heterocycles. The molecule has 0 bridgehead atoms. The number of rotatable bonds is 6. The van der Waals surface area contributed by atoms with Crippen LogP contribution in [0.2, 0.25) is 18.1 Å². The Balaban J connectivity index is 1.66. The minimum atomic E-state index is -0.356. The van der Waals surface area contributed by atoms with E-state index in [-0.39, 0.29) is 8.80 Å². The highest BCUT2D eigenvalue weighted by atomic mass is 28.3. The van der Waals surface area contributed by atoms with Crippen molar-refractivity contribution in [1.29, 1.82) is 0 Å². The molecule has 2 rings (SSSR count). The highest BCUT2D eigenvalue weighted by Crippen LogP contribution is 2.40. The fourth-order valence-corrected chi connectivity index (χ4v) is 7.64. The van der Waals surface area contributed by atoms with Crippen LogP contribution in [0.25, 0.3) is 0 Å². The van der Waals surface area contributed by atoms with E-state index >= 15 is 0 Å². The maximum Gasteiger partial charge on any atom is 0.0575 e. The van der Waals surface area contributed by atoms with E-state index < -0.39 is 0 Å². The van der Waals surface area contributed by atoms with Crippen molar-refractivity contribution in [2.45, 2.75) is 76.1 Å². The summed E-state index contributed by atoms with van der Waals surface area (Å²) in [5, 5.41) is 0. The molecule has 0 radical (unpaired) electrons. The van der Waals surface area contributed by atoms with Crippen molar-refractivity contribution >= 4 is 8.80 Å². The normalized spacial score (nSPS) is 36.1. The fraction of sp³-hybridized carbons (Fsp3) is 0.882. The van der Waals surface area contributed by atoms with Crippen LogP contribution in [0.1, 0.15) is 51.9 Å². The van der Waals surface area contributed by atoms with Gasteiger partial charge >= 0.3 is 0 Å². The van der Waals surface area contributed by atoms with Crippen LogP contribution in [0, 0.1) is 11.8 Å². The van der Waals surface area contributed by atoms with Gasteiger partial charge in [-0.15, -0.1) is 6.58 Å². The van der Waals surface area contributed by atoms with E-state index in [1.165, 1.54) is 38.1 Å². The summed E-state index contributed by atoms with van der Waals surface area (Å²) >= 11 is 0. The Morgan fingerprint density at radius 3 is 2.26 bits per heavy atom. The van der Waals surface area contributed by atoms with Crippen molar-refractivity contribution in [3.8, 4) is 0 Å². The molecule has 0 amide bonds. The van der Waals surface area contributed by atoms with Gasteiger partial charge in [0.1, 0.15) is 0 Å². The maximum absolute atomic E-state index is 5.78. The first-order valence-corrected chi connectivity index (χ1v) is 11.0. The molecular formula is C17H32OSi. The van der Waals surface area contributed by atoms with E-state index in [1.54, 1.807) is 24.9 Å². The molecule has 0 unspecified atom stereocenters. The largest absolute Gasteiger partial charge is 0.379 e. The zero-order chi connectivity index (χ0) is 13.5. The minimum Gasteiger partial charge on any atom is -0.379 e. The first-order valence-electron chi connectivity index (χ1n) is 8.56. The number of allylic oxidation sites excluding steroid dienone is 1. The van der Waals surface area contributed by atoms with Crippen molar-refractivity contribution in [1.82, 2.24) is 0 Å². The molecule has 110 valence electrons.